The standard InChI is InChI=1S/C22H25Cl2NO3Si/c1-4-29(5-2,6-3)28-20-19(15-7-11-17(23)12-8-15)25(22(20)27)21(26)16-9-13-18(24)14-10-16/h7-14,19-20H,4-6H2,1-3H3/t19-,20+/m1/s1. The van der Waals surface area contributed by atoms with E-state index in [-0.39, 0.29) is 11.8 Å². The third-order valence-electron chi connectivity index (χ3n) is 5.88. The third kappa shape index (κ3) is 4.28. The molecule has 0 saturated carbocycles. The highest BCUT2D eigenvalue weighted by Crippen LogP contribution is 2.41. The molecule has 0 aliphatic carbocycles. The summed E-state index contributed by atoms with van der Waals surface area (Å²) in [5.74, 6) is -0.625. The zero-order chi connectivity index (χ0) is 21.2. The van der Waals surface area contributed by atoms with Crippen molar-refractivity contribution in [3.05, 3.63) is 69.7 Å². The van der Waals surface area contributed by atoms with Gasteiger partial charge in [0.1, 0.15) is 0 Å². The Labute approximate surface area is 182 Å². The van der Waals surface area contributed by atoms with Crippen LogP contribution in [0.3, 0.4) is 0 Å². The molecule has 0 unspecified atom stereocenters. The Morgan fingerprint density at radius 2 is 1.41 bits per heavy atom. The molecule has 3 rings (SSSR count). The van der Waals surface area contributed by atoms with Crippen LogP contribution in [0, 0.1) is 0 Å². The molecule has 1 aliphatic rings. The molecule has 0 N–H and O–H groups in total. The molecule has 0 radical (unpaired) electrons. The number of amides is 2. The Kier molecular flexibility index (Phi) is 6.84. The highest BCUT2D eigenvalue weighted by molar-refractivity contribution is 6.73. The van der Waals surface area contributed by atoms with Gasteiger partial charge in [0, 0.05) is 15.6 Å². The van der Waals surface area contributed by atoms with Crippen molar-refractivity contribution in [1.82, 2.24) is 4.90 Å². The van der Waals surface area contributed by atoms with Gasteiger partial charge in [-0.25, -0.2) is 0 Å². The van der Waals surface area contributed by atoms with E-state index in [1.165, 1.54) is 4.90 Å². The first-order valence-electron chi connectivity index (χ1n) is 9.92. The van der Waals surface area contributed by atoms with Crippen LogP contribution < -0.4 is 0 Å². The summed E-state index contributed by atoms with van der Waals surface area (Å²) in [6, 6.07) is 16.1. The van der Waals surface area contributed by atoms with Crippen molar-refractivity contribution < 1.29 is 14.0 Å². The van der Waals surface area contributed by atoms with E-state index in [0.717, 1.165) is 23.7 Å². The van der Waals surface area contributed by atoms with Gasteiger partial charge in [-0.05, 0) is 60.1 Å². The van der Waals surface area contributed by atoms with Crippen LogP contribution in [0.5, 0.6) is 0 Å². The van der Waals surface area contributed by atoms with E-state index in [2.05, 4.69) is 20.8 Å². The predicted molar refractivity (Wildman–Crippen MR) is 119 cm³/mol. The zero-order valence-electron chi connectivity index (χ0n) is 16.8. The van der Waals surface area contributed by atoms with E-state index in [1.807, 2.05) is 12.1 Å². The van der Waals surface area contributed by atoms with E-state index >= 15 is 0 Å². The van der Waals surface area contributed by atoms with Crippen LogP contribution in [0.25, 0.3) is 0 Å². The second-order valence-electron chi connectivity index (χ2n) is 7.30. The first kappa shape index (κ1) is 22.0. The number of hydrogen-bond donors (Lipinski definition) is 0. The average molecular weight is 450 g/mol. The van der Waals surface area contributed by atoms with Crippen LogP contribution in [0.4, 0.5) is 0 Å². The van der Waals surface area contributed by atoms with E-state index in [0.29, 0.717) is 15.6 Å². The lowest BCUT2D eigenvalue weighted by molar-refractivity contribution is -0.158. The molecule has 0 spiro atoms. The van der Waals surface area contributed by atoms with Crippen molar-refractivity contribution in [1.29, 1.82) is 0 Å². The number of likely N-dealkylation sites (tertiary alicyclic amines) is 1. The Morgan fingerprint density at radius 3 is 1.90 bits per heavy atom. The van der Waals surface area contributed by atoms with E-state index in [9.17, 15) is 9.59 Å². The summed E-state index contributed by atoms with van der Waals surface area (Å²) in [6.45, 7) is 6.36. The molecule has 2 atom stereocenters. The summed E-state index contributed by atoms with van der Waals surface area (Å²) in [5, 5.41) is 1.14. The van der Waals surface area contributed by atoms with Crippen LogP contribution in [-0.4, -0.2) is 31.1 Å². The highest BCUT2D eigenvalue weighted by atomic mass is 35.5. The van der Waals surface area contributed by atoms with Gasteiger partial charge in [-0.3, -0.25) is 14.5 Å². The summed E-state index contributed by atoms with van der Waals surface area (Å²) >= 11 is 12.0. The number of β-lactam (4-membered cyclic amide) rings is 1. The van der Waals surface area contributed by atoms with Crippen LogP contribution in [0.1, 0.15) is 42.7 Å². The fourth-order valence-electron chi connectivity index (χ4n) is 3.79. The summed E-state index contributed by atoms with van der Waals surface area (Å²) in [4.78, 5) is 27.5. The molecule has 2 aromatic carbocycles. The van der Waals surface area contributed by atoms with E-state index < -0.39 is 20.5 Å². The fraction of sp³-hybridized carbons (Fsp3) is 0.364. The minimum absolute atomic E-state index is 0.280. The monoisotopic (exact) mass is 449 g/mol. The van der Waals surface area contributed by atoms with Crippen molar-refractivity contribution in [3.63, 3.8) is 0 Å². The largest absolute Gasteiger partial charge is 0.403 e. The molecule has 0 aromatic heterocycles. The molecule has 1 heterocycles. The van der Waals surface area contributed by atoms with Gasteiger partial charge in [-0.2, -0.15) is 0 Å². The Bertz CT molecular complexity index is 874. The maximum Gasteiger partial charge on any atom is 0.261 e. The van der Waals surface area contributed by atoms with Gasteiger partial charge in [-0.1, -0.05) is 56.1 Å². The molecular formula is C22H25Cl2NO3Si. The molecule has 4 nitrogen and oxygen atoms in total. The van der Waals surface area contributed by atoms with Gasteiger partial charge in [0.15, 0.2) is 14.4 Å². The second-order valence-corrected chi connectivity index (χ2v) is 12.9. The fourth-order valence-corrected chi connectivity index (χ4v) is 6.81. The Hall–Kier alpha value is -1.66. The lowest BCUT2D eigenvalue weighted by Crippen LogP contribution is -2.64. The molecule has 2 amide bonds. The van der Waals surface area contributed by atoms with E-state index in [1.54, 1.807) is 36.4 Å². The summed E-state index contributed by atoms with van der Waals surface area (Å²) < 4.78 is 6.51. The number of carbonyl (C=O) groups excluding carboxylic acids is 2. The quantitative estimate of drug-likeness (QED) is 0.291. The normalized spacial score (nSPS) is 19.2. The van der Waals surface area contributed by atoms with Crippen LogP contribution in [0.2, 0.25) is 28.2 Å². The number of hydrogen-bond acceptors (Lipinski definition) is 3. The SMILES string of the molecule is CC[Si](CC)(CC)O[C@@H]1C(=O)N(C(=O)c2ccc(Cl)cc2)[C@@H]1c1ccc(Cl)cc1. The topological polar surface area (TPSA) is 46.6 Å². The number of benzene rings is 2. The number of nitrogens with zero attached hydrogens (tertiary/aromatic N) is 1. The second kappa shape index (κ2) is 9.00. The number of rotatable bonds is 7. The van der Waals surface area contributed by atoms with Crippen molar-refractivity contribution in [2.75, 3.05) is 0 Å². The Balaban J connectivity index is 1.95. The molecule has 29 heavy (non-hydrogen) atoms. The lowest BCUT2D eigenvalue weighted by Gasteiger charge is -2.48. The number of carbonyl (C=O) groups is 2. The van der Waals surface area contributed by atoms with Crippen molar-refractivity contribution >= 4 is 43.3 Å². The van der Waals surface area contributed by atoms with Gasteiger partial charge in [0.2, 0.25) is 0 Å². The van der Waals surface area contributed by atoms with E-state index in [4.69, 9.17) is 27.6 Å². The predicted octanol–water partition coefficient (Wildman–Crippen LogP) is 6.11. The molecule has 1 fully saturated rings. The van der Waals surface area contributed by atoms with Gasteiger partial charge in [0.25, 0.3) is 11.8 Å². The van der Waals surface area contributed by atoms with Crippen molar-refractivity contribution in [2.24, 2.45) is 0 Å². The third-order valence-corrected chi connectivity index (χ3v) is 11.0. The Morgan fingerprint density at radius 1 is 0.931 bits per heavy atom. The highest BCUT2D eigenvalue weighted by Gasteiger charge is 2.54. The maximum absolute atomic E-state index is 13.1. The van der Waals surface area contributed by atoms with Crippen LogP contribution >= 0.6 is 23.2 Å². The minimum Gasteiger partial charge on any atom is -0.403 e. The van der Waals surface area contributed by atoms with Gasteiger partial charge < -0.3 is 4.43 Å². The molecule has 0 bridgehead atoms. The summed E-state index contributed by atoms with van der Waals surface area (Å²) in [5.41, 5.74) is 1.26. The molecule has 2 aromatic rings. The number of imide groups is 1. The summed E-state index contributed by atoms with van der Waals surface area (Å²) in [7, 11) is -2.03. The first-order chi connectivity index (χ1) is 13.9. The summed E-state index contributed by atoms with van der Waals surface area (Å²) in [6.07, 6.45) is -0.640. The van der Waals surface area contributed by atoms with Gasteiger partial charge in [-0.15, -0.1) is 0 Å². The van der Waals surface area contributed by atoms with Gasteiger partial charge >= 0.3 is 0 Å². The molecular weight excluding hydrogens is 425 g/mol. The minimum atomic E-state index is -2.03. The molecule has 1 aliphatic heterocycles. The van der Waals surface area contributed by atoms with Crippen LogP contribution in [0.15, 0.2) is 48.5 Å². The average Bonchev–Trinajstić information content (AvgIpc) is 2.74. The lowest BCUT2D eigenvalue weighted by atomic mass is 9.90. The van der Waals surface area contributed by atoms with Gasteiger partial charge in [0.05, 0.1) is 6.04 Å². The maximum atomic E-state index is 13.1. The smallest absolute Gasteiger partial charge is 0.261 e. The zero-order valence-corrected chi connectivity index (χ0v) is 19.3. The first-order valence-corrected chi connectivity index (χ1v) is 13.2. The molecule has 1 saturated heterocycles. The molecule has 7 heteroatoms. The van der Waals surface area contributed by atoms with Crippen LogP contribution in [-0.2, 0) is 9.22 Å². The number of halogens is 2. The van der Waals surface area contributed by atoms with Crippen molar-refractivity contribution in [3.8, 4) is 0 Å². The molecule has 154 valence electrons. The van der Waals surface area contributed by atoms with Crippen molar-refractivity contribution in [2.45, 2.75) is 51.0 Å².